The summed E-state index contributed by atoms with van der Waals surface area (Å²) < 4.78 is 78.4. The quantitative estimate of drug-likeness (QED) is 0.0773. The molecule has 23 heteroatoms. The second-order valence-corrected chi connectivity index (χ2v) is 17.3. The number of fused-ring (bicyclic) bond motifs is 2. The van der Waals surface area contributed by atoms with Crippen LogP contribution in [-0.4, -0.2) is 113 Å². The zero-order chi connectivity index (χ0) is 49.3. The molecule has 0 spiro atoms. The van der Waals surface area contributed by atoms with Crippen LogP contribution in [0.25, 0.3) is 33.1 Å². The third-order valence-corrected chi connectivity index (χ3v) is 12.9. The number of aromatic hydroxyl groups is 1. The molecule has 1 saturated carbocycles. The molecule has 2 aliphatic heterocycles. The number of hydrogen-bond acceptors (Lipinski definition) is 11. The molecule has 5 heterocycles. The predicted octanol–water partition coefficient (Wildman–Crippen LogP) is 5.41. The number of imidazole rings is 1. The molecule has 2 saturated heterocycles. The van der Waals surface area contributed by atoms with E-state index in [4.69, 9.17) is 25.0 Å². The van der Waals surface area contributed by atoms with Crippen LogP contribution in [0.15, 0.2) is 65.8 Å². The topological polar surface area (TPSA) is 210 Å². The molecule has 0 radical (unpaired) electrons. The fraction of sp³-hybridized carbons (Fsp3) is 0.391. The van der Waals surface area contributed by atoms with Crippen molar-refractivity contribution in [2.45, 2.75) is 63.2 Å². The highest BCUT2D eigenvalue weighted by Crippen LogP contribution is 2.34. The number of carbonyl (C=O) groups excluding carboxylic acids is 3. The minimum atomic E-state index is -5.08. The summed E-state index contributed by atoms with van der Waals surface area (Å²) >= 11 is 0. The van der Waals surface area contributed by atoms with Crippen molar-refractivity contribution in [1.82, 2.24) is 44.4 Å². The number of piperidine rings is 1. The zero-order valence-electron chi connectivity index (χ0n) is 37.0. The van der Waals surface area contributed by atoms with E-state index in [1.165, 1.54) is 4.57 Å². The molecule has 1 atom stereocenters. The van der Waals surface area contributed by atoms with E-state index in [0.717, 1.165) is 97.9 Å². The molecule has 4 N–H and O–H groups in total. The first kappa shape index (κ1) is 48.2. The first-order valence-corrected chi connectivity index (χ1v) is 22.1. The van der Waals surface area contributed by atoms with Gasteiger partial charge in [0.15, 0.2) is 17.4 Å². The van der Waals surface area contributed by atoms with Gasteiger partial charge in [0.2, 0.25) is 23.6 Å². The number of halogens is 6. The molecule has 3 aliphatic rings. The number of piperazine rings is 1. The van der Waals surface area contributed by atoms with E-state index in [1.807, 2.05) is 59.7 Å². The summed E-state index contributed by atoms with van der Waals surface area (Å²) in [5.74, 6) is -9.89. The first-order valence-electron chi connectivity index (χ1n) is 22.1. The van der Waals surface area contributed by atoms with Gasteiger partial charge >= 0.3 is 17.8 Å². The Morgan fingerprint density at radius 2 is 1.57 bits per heavy atom. The highest BCUT2D eigenvalue weighted by atomic mass is 19.4. The van der Waals surface area contributed by atoms with Gasteiger partial charge in [0.1, 0.15) is 6.04 Å². The highest BCUT2D eigenvalue weighted by Gasteiger charge is 2.38. The van der Waals surface area contributed by atoms with Crippen molar-refractivity contribution >= 4 is 51.6 Å². The smallest absolute Gasteiger partial charge is 0.490 e. The number of carboxylic acid groups (broad SMARTS) is 1. The zero-order valence-corrected chi connectivity index (χ0v) is 37.0. The lowest BCUT2D eigenvalue weighted by Gasteiger charge is -2.34. The molecule has 17 nitrogen and oxygen atoms in total. The number of rotatable bonds is 10. The van der Waals surface area contributed by atoms with Crippen LogP contribution >= 0.6 is 0 Å². The average Bonchev–Trinajstić information content (AvgIpc) is 3.88. The lowest BCUT2D eigenvalue weighted by Crippen LogP contribution is -2.47. The monoisotopic (exact) mass is 964 g/mol. The van der Waals surface area contributed by atoms with E-state index in [-0.39, 0.29) is 36.5 Å². The Bertz CT molecular complexity index is 2990. The molecule has 6 aromatic rings. The summed E-state index contributed by atoms with van der Waals surface area (Å²) in [7, 11) is 1.71. The van der Waals surface area contributed by atoms with Gasteiger partial charge in [-0.25, -0.2) is 28.3 Å². The summed E-state index contributed by atoms with van der Waals surface area (Å²) in [5.41, 5.74) is 4.15. The number of anilines is 1. The van der Waals surface area contributed by atoms with Gasteiger partial charge in [-0.2, -0.15) is 22.7 Å². The standard InChI is InChI=1S/C44H45F3N10O5.C2HF3O2/c1-53-36-18-25(4-9-34(36)57(44(53)62)35-10-11-37(58)51-42(35)61)12-13-54-14-16-55(17-15-54)43-49-22-29(23-50-43)27-5-6-28-24-56(52-33(28)19-27)30-7-2-26(3-8-30)21-48-41(60)31-20-32(45)40(59)39(47)38(31)46;3-2(4,5)1(6)7/h4-6,9,18-20,22-24,26,30,35,59H,2-3,7-8,10-17,21H2,1H3,(H,48,60)(H,51,58,61);(H,6,7)/t26?,30?,35-;/m1./s1. The Morgan fingerprint density at radius 3 is 2.23 bits per heavy atom. The molecule has 69 heavy (non-hydrogen) atoms. The third kappa shape index (κ3) is 10.4. The number of aryl methyl sites for hydroxylation is 1. The number of alkyl halides is 3. The number of nitrogens with zero attached hydrogens (tertiary/aromatic N) is 8. The summed E-state index contributed by atoms with van der Waals surface area (Å²) in [6.45, 7) is 4.34. The van der Waals surface area contributed by atoms with Crippen LogP contribution in [0.4, 0.5) is 32.3 Å². The van der Waals surface area contributed by atoms with Crippen molar-refractivity contribution in [3.63, 3.8) is 0 Å². The number of imide groups is 1. The molecule has 0 unspecified atom stereocenters. The van der Waals surface area contributed by atoms with Crippen molar-refractivity contribution in [1.29, 1.82) is 0 Å². The van der Waals surface area contributed by atoms with E-state index < -0.39 is 58.8 Å². The maximum Gasteiger partial charge on any atom is 0.490 e. The number of amides is 3. The fourth-order valence-electron chi connectivity index (χ4n) is 8.98. The van der Waals surface area contributed by atoms with Crippen LogP contribution < -0.4 is 21.2 Å². The van der Waals surface area contributed by atoms with Crippen molar-refractivity contribution < 1.29 is 55.7 Å². The summed E-state index contributed by atoms with van der Waals surface area (Å²) in [6.07, 6.45) is 5.11. The van der Waals surface area contributed by atoms with Crippen LogP contribution in [0.2, 0.25) is 0 Å². The average molecular weight is 965 g/mol. The molecule has 1 aliphatic carbocycles. The molecular weight excluding hydrogens is 919 g/mol. The Morgan fingerprint density at radius 1 is 0.870 bits per heavy atom. The van der Waals surface area contributed by atoms with E-state index in [2.05, 4.69) is 20.4 Å². The van der Waals surface area contributed by atoms with E-state index in [9.17, 15) is 50.6 Å². The van der Waals surface area contributed by atoms with Crippen molar-refractivity contribution in [3.8, 4) is 16.9 Å². The number of carbonyl (C=O) groups is 4. The summed E-state index contributed by atoms with van der Waals surface area (Å²) in [6, 6.07) is 12.0. The van der Waals surface area contributed by atoms with Crippen LogP contribution in [0.1, 0.15) is 66.5 Å². The third-order valence-electron chi connectivity index (χ3n) is 12.9. The molecule has 364 valence electrons. The maximum absolute atomic E-state index is 14.1. The summed E-state index contributed by atoms with van der Waals surface area (Å²) in [4.78, 5) is 72.8. The second kappa shape index (κ2) is 19.7. The minimum absolute atomic E-state index is 0.108. The van der Waals surface area contributed by atoms with Crippen molar-refractivity contribution in [2.24, 2.45) is 13.0 Å². The lowest BCUT2D eigenvalue weighted by molar-refractivity contribution is -0.192. The number of nitrogens with one attached hydrogen (secondary N) is 2. The summed E-state index contributed by atoms with van der Waals surface area (Å²) in [5, 5.41) is 27.2. The fourth-order valence-corrected chi connectivity index (χ4v) is 8.98. The van der Waals surface area contributed by atoms with E-state index in [0.29, 0.717) is 24.0 Å². The molecule has 3 fully saturated rings. The van der Waals surface area contributed by atoms with Crippen molar-refractivity contribution in [3.05, 3.63) is 100 Å². The Hall–Kier alpha value is -7.30. The van der Waals surface area contributed by atoms with Gasteiger partial charge in [-0.15, -0.1) is 0 Å². The molecular formula is C46H46F6N10O7. The number of phenols is 1. The van der Waals surface area contributed by atoms with Gasteiger partial charge in [0.05, 0.1) is 28.2 Å². The van der Waals surface area contributed by atoms with Crippen LogP contribution in [0.3, 0.4) is 0 Å². The largest absolute Gasteiger partial charge is 0.503 e. The first-order chi connectivity index (χ1) is 32.9. The second-order valence-electron chi connectivity index (χ2n) is 17.3. The van der Waals surface area contributed by atoms with Gasteiger partial charge in [-0.1, -0.05) is 18.2 Å². The van der Waals surface area contributed by atoms with Gasteiger partial charge in [-0.05, 0) is 79.8 Å². The SMILES string of the molecule is Cn1c(=O)n([C@@H]2CCC(=O)NC2=O)c2ccc(CCN3CCN(c4ncc(-c5ccc6cn(C7CCC(CNC(=O)c8cc(F)c(O)c(F)c8F)CC7)nc6c5)cn4)CC3)cc21.O=C(O)C(F)(F)F. The van der Waals surface area contributed by atoms with Crippen LogP contribution in [-0.2, 0) is 27.9 Å². The molecule has 3 aromatic carbocycles. The van der Waals surface area contributed by atoms with E-state index in [1.54, 1.807) is 11.6 Å². The predicted molar refractivity (Wildman–Crippen MR) is 237 cm³/mol. The highest BCUT2D eigenvalue weighted by molar-refractivity contribution is 6.00. The maximum atomic E-state index is 14.1. The number of carboxylic acids is 1. The lowest BCUT2D eigenvalue weighted by atomic mass is 9.86. The molecule has 3 aromatic heterocycles. The Kier molecular flexibility index (Phi) is 13.8. The number of benzene rings is 3. The number of aliphatic carboxylic acids is 1. The van der Waals surface area contributed by atoms with Gasteiger partial charge in [0, 0.05) is 82.3 Å². The van der Waals surface area contributed by atoms with Gasteiger partial charge < -0.3 is 20.4 Å². The normalized spacial score (nSPS) is 19.1. The molecule has 3 amide bonds. The van der Waals surface area contributed by atoms with Crippen LogP contribution in [0.5, 0.6) is 5.75 Å². The van der Waals surface area contributed by atoms with E-state index >= 15 is 0 Å². The molecule has 9 rings (SSSR count). The van der Waals surface area contributed by atoms with Crippen molar-refractivity contribution in [2.75, 3.05) is 44.2 Å². The minimum Gasteiger partial charge on any atom is -0.503 e. The number of aromatic nitrogens is 6. The Labute approximate surface area is 388 Å². The van der Waals surface area contributed by atoms with Crippen LogP contribution in [0, 0.1) is 23.4 Å². The van der Waals surface area contributed by atoms with Gasteiger partial charge in [-0.3, -0.25) is 38.4 Å². The Balaban J connectivity index is 0.000000853. The number of hydrogen-bond donors (Lipinski definition) is 4. The van der Waals surface area contributed by atoms with Gasteiger partial charge in [0.25, 0.3) is 5.91 Å². The molecule has 0 bridgehead atoms. The number of phenolic OH excluding ortho intramolecular Hbond substituents is 1.